The Morgan fingerprint density at radius 1 is 1.22 bits per heavy atom. The number of hydrogen-bond donors (Lipinski definition) is 0. The van der Waals surface area contributed by atoms with Crippen molar-refractivity contribution in [1.82, 2.24) is 0 Å². The molecule has 7 nitrogen and oxygen atoms in total. The molecule has 2 aromatic rings. The molecule has 7 heteroatoms. The van der Waals surface area contributed by atoms with Crippen LogP contribution in [0.5, 0.6) is 5.75 Å². The van der Waals surface area contributed by atoms with E-state index in [0.29, 0.717) is 11.3 Å². The topological polar surface area (TPSA) is 81.9 Å². The van der Waals surface area contributed by atoms with E-state index in [1.54, 1.807) is 20.8 Å². The molecular weight excluding hydrogens is 348 g/mol. The van der Waals surface area contributed by atoms with Crippen LogP contribution < -0.4 is 9.64 Å². The van der Waals surface area contributed by atoms with Gasteiger partial charge < -0.3 is 9.47 Å². The van der Waals surface area contributed by atoms with Gasteiger partial charge in [0.05, 0.1) is 4.92 Å². The molecule has 0 aliphatic carbocycles. The number of nitrogens with zero attached hydrogens (tertiary/aromatic N) is 2. The second-order valence-corrected chi connectivity index (χ2v) is 7.12. The molecule has 0 bridgehead atoms. The summed E-state index contributed by atoms with van der Waals surface area (Å²) in [5, 5.41) is 11.2. The molecule has 1 aliphatic rings. The van der Waals surface area contributed by atoms with Crippen molar-refractivity contribution in [3.63, 3.8) is 0 Å². The molecule has 2 aromatic carbocycles. The molecule has 1 aliphatic heterocycles. The van der Waals surface area contributed by atoms with E-state index >= 15 is 0 Å². The average molecular weight is 368 g/mol. The third-order valence-corrected chi connectivity index (χ3v) is 3.92. The molecule has 0 fully saturated rings. The van der Waals surface area contributed by atoms with Crippen molar-refractivity contribution in [2.75, 3.05) is 4.90 Å². The standard InChI is InChI=1S/C20H20N2O5/c1-13(14-8-6-5-7-9-14)18-21(19(23)27-20(2,3)4)16-12-15(22(24)25)10-11-17(16)26-18/h5-12,18H,1H2,2-4H3. The Bertz CT molecular complexity index is 902. The van der Waals surface area contributed by atoms with Crippen molar-refractivity contribution in [3.05, 3.63) is 70.8 Å². The van der Waals surface area contributed by atoms with Gasteiger partial charge >= 0.3 is 6.09 Å². The maximum atomic E-state index is 12.9. The van der Waals surface area contributed by atoms with Gasteiger partial charge in [0, 0.05) is 17.7 Å². The summed E-state index contributed by atoms with van der Waals surface area (Å²) in [6, 6.07) is 13.4. The van der Waals surface area contributed by atoms with E-state index < -0.39 is 22.8 Å². The Kier molecular flexibility index (Phi) is 4.61. The monoisotopic (exact) mass is 368 g/mol. The predicted molar refractivity (Wildman–Crippen MR) is 102 cm³/mol. The van der Waals surface area contributed by atoms with Crippen LogP contribution >= 0.6 is 0 Å². The van der Waals surface area contributed by atoms with Gasteiger partial charge in [-0.05, 0) is 32.4 Å². The zero-order chi connectivity index (χ0) is 19.8. The van der Waals surface area contributed by atoms with E-state index in [2.05, 4.69) is 6.58 Å². The lowest BCUT2D eigenvalue weighted by Crippen LogP contribution is -2.43. The Hall–Kier alpha value is -3.35. The third kappa shape index (κ3) is 3.76. The van der Waals surface area contributed by atoms with Crippen LogP contribution in [0.15, 0.2) is 55.1 Å². The highest BCUT2D eigenvalue weighted by atomic mass is 16.6. The number of nitro benzene ring substituents is 1. The third-order valence-electron chi connectivity index (χ3n) is 3.92. The van der Waals surface area contributed by atoms with Crippen LogP contribution in [0, 0.1) is 10.1 Å². The number of anilines is 1. The Balaban J connectivity index is 2.04. The van der Waals surface area contributed by atoms with Gasteiger partial charge in [-0.3, -0.25) is 10.1 Å². The summed E-state index contributed by atoms with van der Waals surface area (Å²) >= 11 is 0. The van der Waals surface area contributed by atoms with Gasteiger partial charge in [0.15, 0.2) is 0 Å². The number of ether oxygens (including phenoxy) is 2. The summed E-state index contributed by atoms with van der Waals surface area (Å²) in [6.07, 6.45) is -1.52. The first kappa shape index (κ1) is 18.4. The van der Waals surface area contributed by atoms with Crippen LogP contribution in [0.2, 0.25) is 0 Å². The number of benzene rings is 2. The number of amides is 1. The highest BCUT2D eigenvalue weighted by Gasteiger charge is 2.41. The van der Waals surface area contributed by atoms with Crippen molar-refractivity contribution in [2.45, 2.75) is 32.6 Å². The van der Waals surface area contributed by atoms with Crippen LogP contribution in [0.4, 0.5) is 16.2 Å². The van der Waals surface area contributed by atoms with Crippen molar-refractivity contribution in [3.8, 4) is 5.75 Å². The van der Waals surface area contributed by atoms with Crippen molar-refractivity contribution >= 4 is 23.0 Å². The van der Waals surface area contributed by atoms with Gasteiger partial charge in [0.2, 0.25) is 6.23 Å². The van der Waals surface area contributed by atoms with Crippen molar-refractivity contribution in [2.24, 2.45) is 0 Å². The lowest BCUT2D eigenvalue weighted by Gasteiger charge is -2.28. The zero-order valence-electron chi connectivity index (χ0n) is 15.3. The highest BCUT2D eigenvalue weighted by molar-refractivity contribution is 5.96. The number of nitro groups is 1. The lowest BCUT2D eigenvalue weighted by molar-refractivity contribution is -0.384. The van der Waals surface area contributed by atoms with E-state index in [9.17, 15) is 14.9 Å². The first-order chi connectivity index (χ1) is 12.7. The van der Waals surface area contributed by atoms with Gasteiger partial charge in [0.1, 0.15) is 17.0 Å². The van der Waals surface area contributed by atoms with E-state index in [1.807, 2.05) is 30.3 Å². The fraction of sp³-hybridized carbons (Fsp3) is 0.250. The molecule has 0 saturated carbocycles. The summed E-state index contributed by atoms with van der Waals surface area (Å²) in [7, 11) is 0. The van der Waals surface area contributed by atoms with Gasteiger partial charge in [-0.2, -0.15) is 0 Å². The maximum Gasteiger partial charge on any atom is 0.418 e. The number of non-ortho nitro benzene ring substituents is 1. The summed E-state index contributed by atoms with van der Waals surface area (Å²) in [5.41, 5.74) is 0.732. The van der Waals surface area contributed by atoms with Gasteiger partial charge in [0.25, 0.3) is 5.69 Å². The van der Waals surface area contributed by atoms with Crippen LogP contribution in [-0.4, -0.2) is 22.8 Å². The molecule has 0 saturated heterocycles. The van der Waals surface area contributed by atoms with Crippen LogP contribution in [0.1, 0.15) is 26.3 Å². The van der Waals surface area contributed by atoms with Crippen molar-refractivity contribution < 1.29 is 19.2 Å². The highest BCUT2D eigenvalue weighted by Crippen LogP contribution is 2.43. The largest absolute Gasteiger partial charge is 0.463 e. The molecule has 0 radical (unpaired) electrons. The molecule has 1 atom stereocenters. The average Bonchev–Trinajstić information content (AvgIpc) is 2.99. The molecule has 27 heavy (non-hydrogen) atoms. The molecule has 1 heterocycles. The second kappa shape index (κ2) is 6.75. The smallest absolute Gasteiger partial charge is 0.418 e. The number of rotatable bonds is 3. The fourth-order valence-corrected chi connectivity index (χ4v) is 2.73. The first-order valence-corrected chi connectivity index (χ1v) is 8.39. The minimum absolute atomic E-state index is 0.142. The van der Waals surface area contributed by atoms with Crippen LogP contribution in [0.3, 0.4) is 0 Å². The van der Waals surface area contributed by atoms with Gasteiger partial charge in [-0.1, -0.05) is 36.9 Å². The molecular formula is C20H20N2O5. The van der Waals surface area contributed by atoms with E-state index in [0.717, 1.165) is 5.56 Å². The van der Waals surface area contributed by atoms with Crippen molar-refractivity contribution in [1.29, 1.82) is 0 Å². The molecule has 0 aromatic heterocycles. The number of carbonyl (C=O) groups excluding carboxylic acids is 1. The Labute approximate surface area is 157 Å². The van der Waals surface area contributed by atoms with Gasteiger partial charge in [-0.15, -0.1) is 0 Å². The molecule has 0 N–H and O–H groups in total. The normalized spacial score (nSPS) is 15.7. The molecule has 140 valence electrons. The SMILES string of the molecule is C=C(c1ccccc1)C1Oc2ccc([N+](=O)[O-])cc2N1C(=O)OC(C)(C)C. The number of fused-ring (bicyclic) bond motifs is 1. The first-order valence-electron chi connectivity index (χ1n) is 8.39. The minimum Gasteiger partial charge on any atom is -0.463 e. The fourth-order valence-electron chi connectivity index (χ4n) is 2.73. The summed E-state index contributed by atoms with van der Waals surface area (Å²) in [4.78, 5) is 24.8. The van der Waals surface area contributed by atoms with E-state index in [-0.39, 0.29) is 11.4 Å². The van der Waals surface area contributed by atoms with Gasteiger partial charge in [-0.25, -0.2) is 9.69 Å². The maximum absolute atomic E-state index is 12.9. The second-order valence-electron chi connectivity index (χ2n) is 7.12. The zero-order valence-corrected chi connectivity index (χ0v) is 15.3. The molecule has 1 amide bonds. The van der Waals surface area contributed by atoms with Crippen LogP contribution in [0.25, 0.3) is 5.57 Å². The van der Waals surface area contributed by atoms with Crippen LogP contribution in [-0.2, 0) is 4.74 Å². The summed E-state index contributed by atoms with van der Waals surface area (Å²) < 4.78 is 11.4. The lowest BCUT2D eigenvalue weighted by atomic mass is 10.1. The Morgan fingerprint density at radius 3 is 2.48 bits per heavy atom. The van der Waals surface area contributed by atoms with E-state index in [1.165, 1.54) is 23.1 Å². The number of carbonyl (C=O) groups is 1. The van der Waals surface area contributed by atoms with E-state index in [4.69, 9.17) is 9.47 Å². The summed E-state index contributed by atoms with van der Waals surface area (Å²) in [6.45, 7) is 9.31. The molecule has 3 rings (SSSR count). The molecule has 0 spiro atoms. The Morgan fingerprint density at radius 2 is 1.89 bits per heavy atom. The predicted octanol–water partition coefficient (Wildman–Crippen LogP) is 4.77. The summed E-state index contributed by atoms with van der Waals surface area (Å²) in [5.74, 6) is 0.355. The minimum atomic E-state index is -0.862. The number of hydrogen-bond acceptors (Lipinski definition) is 5. The quantitative estimate of drug-likeness (QED) is 0.576. The molecule has 1 unspecified atom stereocenters.